The first-order chi connectivity index (χ1) is 14.8. The summed E-state index contributed by atoms with van der Waals surface area (Å²) in [4.78, 5) is 24.8. The van der Waals surface area contributed by atoms with Crippen LogP contribution in [0.25, 0.3) is 0 Å². The van der Waals surface area contributed by atoms with Crippen molar-refractivity contribution in [3.05, 3.63) is 99.6 Å². The maximum Gasteiger partial charge on any atom is 0.350 e. The van der Waals surface area contributed by atoms with Gasteiger partial charge in [-0.3, -0.25) is 10.1 Å². The molecule has 9 nitrogen and oxygen atoms in total. The second kappa shape index (κ2) is 9.18. The van der Waals surface area contributed by atoms with Gasteiger partial charge in [-0.05, 0) is 55.0 Å². The monoisotopic (exact) mass is 439 g/mol. The molecule has 0 saturated carbocycles. The van der Waals surface area contributed by atoms with Crippen molar-refractivity contribution in [2.45, 2.75) is 11.8 Å². The van der Waals surface area contributed by atoms with Crippen LogP contribution in [0.3, 0.4) is 0 Å². The van der Waals surface area contributed by atoms with Crippen LogP contribution in [0.1, 0.15) is 21.5 Å². The lowest BCUT2D eigenvalue weighted by molar-refractivity contribution is -0.385. The van der Waals surface area contributed by atoms with Gasteiger partial charge in [-0.25, -0.2) is 9.63 Å². The minimum Gasteiger partial charge on any atom is -0.423 e. The molecule has 0 atom stereocenters. The Hall–Kier alpha value is -4.05. The van der Waals surface area contributed by atoms with Gasteiger partial charge >= 0.3 is 5.97 Å². The Labute approximate surface area is 178 Å². The number of nitro benzene ring substituents is 1. The zero-order chi connectivity index (χ0) is 22.4. The average Bonchev–Trinajstić information content (AvgIpc) is 2.75. The molecule has 0 amide bonds. The quantitative estimate of drug-likeness (QED) is 0.197. The van der Waals surface area contributed by atoms with Crippen molar-refractivity contribution in [2.24, 2.45) is 5.10 Å². The summed E-state index contributed by atoms with van der Waals surface area (Å²) in [6.45, 7) is 1.85. The van der Waals surface area contributed by atoms with Crippen molar-refractivity contribution < 1.29 is 22.9 Å². The van der Waals surface area contributed by atoms with Crippen LogP contribution in [0.15, 0.2) is 82.8 Å². The predicted molar refractivity (Wildman–Crippen MR) is 114 cm³/mol. The summed E-state index contributed by atoms with van der Waals surface area (Å²) in [6, 6.07) is 17.8. The highest BCUT2D eigenvalue weighted by Gasteiger charge is 2.21. The number of nitro groups is 1. The number of nitrogens with zero attached hydrogens (tertiary/aromatic N) is 2. The smallest absolute Gasteiger partial charge is 0.350 e. The fourth-order valence-corrected chi connectivity index (χ4v) is 3.32. The predicted octanol–water partition coefficient (Wildman–Crippen LogP) is 3.43. The lowest BCUT2D eigenvalue weighted by Gasteiger charge is -2.05. The largest absolute Gasteiger partial charge is 0.423 e. The third-order valence-corrected chi connectivity index (χ3v) is 5.37. The van der Waals surface area contributed by atoms with E-state index in [-0.39, 0.29) is 21.9 Å². The summed E-state index contributed by atoms with van der Waals surface area (Å²) in [6.07, 6.45) is 1.29. The second-order valence-electron chi connectivity index (χ2n) is 6.40. The van der Waals surface area contributed by atoms with Gasteiger partial charge in [0, 0.05) is 6.07 Å². The topological polar surface area (TPSA) is 128 Å². The Kier molecular flexibility index (Phi) is 6.41. The third kappa shape index (κ3) is 5.52. The van der Waals surface area contributed by atoms with Gasteiger partial charge in [0.05, 0.1) is 16.0 Å². The van der Waals surface area contributed by atoms with Crippen LogP contribution in [-0.2, 0) is 10.0 Å². The van der Waals surface area contributed by atoms with Crippen LogP contribution in [0.4, 0.5) is 5.69 Å². The van der Waals surface area contributed by atoms with E-state index < -0.39 is 20.9 Å². The van der Waals surface area contributed by atoms with Crippen molar-refractivity contribution in [1.82, 2.24) is 4.83 Å². The molecule has 1 N–H and O–H groups in total. The molecule has 3 aromatic carbocycles. The fraction of sp³-hybridized carbons (Fsp3) is 0.0476. The number of hydrogen-bond acceptors (Lipinski definition) is 7. The number of ether oxygens (including phenoxy) is 1. The van der Waals surface area contributed by atoms with Gasteiger partial charge in [0.2, 0.25) is 0 Å². The van der Waals surface area contributed by atoms with Gasteiger partial charge in [0.1, 0.15) is 11.3 Å². The summed E-state index contributed by atoms with van der Waals surface area (Å²) in [5.74, 6) is -0.694. The minimum absolute atomic E-state index is 0.0903. The molecule has 0 heterocycles. The molecular weight excluding hydrogens is 422 g/mol. The number of rotatable bonds is 7. The van der Waals surface area contributed by atoms with Gasteiger partial charge in [-0.15, -0.1) is 0 Å². The molecule has 0 aromatic heterocycles. The maximum absolute atomic E-state index is 12.2. The SMILES string of the molecule is Cc1ccc(S(=O)(=O)N/N=C\c2ccc(OC(=O)c3ccccc3[N+](=O)[O-])cc2)cc1. The van der Waals surface area contributed by atoms with Gasteiger partial charge in [0.25, 0.3) is 15.7 Å². The first-order valence-corrected chi connectivity index (χ1v) is 10.4. The molecule has 0 aliphatic carbocycles. The number of aryl methyl sites for hydroxylation is 1. The molecule has 0 aliphatic heterocycles. The Morgan fingerprint density at radius 1 is 1.03 bits per heavy atom. The Bertz CT molecular complexity index is 1240. The van der Waals surface area contributed by atoms with E-state index in [9.17, 15) is 23.3 Å². The van der Waals surface area contributed by atoms with Crippen molar-refractivity contribution in [2.75, 3.05) is 0 Å². The molecular formula is C21H17N3O6S. The molecule has 3 rings (SSSR count). The van der Waals surface area contributed by atoms with Crippen molar-refractivity contribution in [3.63, 3.8) is 0 Å². The molecule has 0 spiro atoms. The third-order valence-electron chi connectivity index (χ3n) is 4.13. The van der Waals surface area contributed by atoms with E-state index in [4.69, 9.17) is 4.74 Å². The number of carbonyl (C=O) groups excluding carboxylic acids is 1. The fourth-order valence-electron chi connectivity index (χ4n) is 2.53. The van der Waals surface area contributed by atoms with E-state index in [0.29, 0.717) is 5.56 Å². The van der Waals surface area contributed by atoms with Crippen molar-refractivity contribution >= 4 is 27.9 Å². The van der Waals surface area contributed by atoms with Gasteiger partial charge in [-0.1, -0.05) is 29.8 Å². The Morgan fingerprint density at radius 2 is 1.68 bits per heavy atom. The second-order valence-corrected chi connectivity index (χ2v) is 8.06. The van der Waals surface area contributed by atoms with Crippen molar-refractivity contribution in [3.8, 4) is 5.75 Å². The Morgan fingerprint density at radius 3 is 2.32 bits per heavy atom. The van der Waals surface area contributed by atoms with Gasteiger partial charge in [0.15, 0.2) is 0 Å². The number of carbonyl (C=O) groups is 1. The van der Waals surface area contributed by atoms with Crippen LogP contribution in [0.2, 0.25) is 0 Å². The molecule has 0 radical (unpaired) electrons. The maximum atomic E-state index is 12.2. The highest BCUT2D eigenvalue weighted by Crippen LogP contribution is 2.20. The molecule has 10 heteroatoms. The summed E-state index contributed by atoms with van der Waals surface area (Å²) in [5, 5.41) is 14.8. The Balaban J connectivity index is 1.65. The zero-order valence-electron chi connectivity index (χ0n) is 16.3. The minimum atomic E-state index is -3.79. The van der Waals surface area contributed by atoms with Crippen LogP contribution in [0.5, 0.6) is 5.75 Å². The summed E-state index contributed by atoms with van der Waals surface area (Å²) >= 11 is 0. The number of benzene rings is 3. The number of esters is 1. The molecule has 0 bridgehead atoms. The number of sulfonamides is 1. The highest BCUT2D eigenvalue weighted by molar-refractivity contribution is 7.89. The number of nitrogens with one attached hydrogen (secondary N) is 1. The standard InChI is InChI=1S/C21H17N3O6S/c1-15-6-12-18(13-7-15)31(28,29)23-22-14-16-8-10-17(11-9-16)30-21(25)19-4-2-3-5-20(19)24(26)27/h2-14,23H,1H3/b22-14-. The van der Waals surface area contributed by atoms with E-state index >= 15 is 0 Å². The lowest BCUT2D eigenvalue weighted by atomic mass is 10.2. The molecule has 0 fully saturated rings. The zero-order valence-corrected chi connectivity index (χ0v) is 17.1. The van der Waals surface area contributed by atoms with Crippen LogP contribution >= 0.6 is 0 Å². The molecule has 0 aliphatic rings. The van der Waals surface area contributed by atoms with E-state index in [1.165, 1.54) is 54.7 Å². The van der Waals surface area contributed by atoms with E-state index in [2.05, 4.69) is 9.93 Å². The normalized spacial score (nSPS) is 11.3. The van der Waals surface area contributed by atoms with E-state index in [1.807, 2.05) is 6.92 Å². The lowest BCUT2D eigenvalue weighted by Crippen LogP contribution is -2.18. The molecule has 31 heavy (non-hydrogen) atoms. The molecule has 3 aromatic rings. The number of para-hydroxylation sites is 1. The molecule has 0 saturated heterocycles. The van der Waals surface area contributed by atoms with E-state index in [0.717, 1.165) is 5.56 Å². The van der Waals surface area contributed by atoms with Crippen LogP contribution in [-0.4, -0.2) is 25.5 Å². The molecule has 158 valence electrons. The summed E-state index contributed by atoms with van der Waals surface area (Å²) in [5.41, 5.74) is 0.961. The highest BCUT2D eigenvalue weighted by atomic mass is 32.2. The van der Waals surface area contributed by atoms with Gasteiger partial charge < -0.3 is 4.74 Å². The van der Waals surface area contributed by atoms with E-state index in [1.54, 1.807) is 24.3 Å². The first-order valence-electron chi connectivity index (χ1n) is 8.93. The number of hydrogen-bond donors (Lipinski definition) is 1. The first kappa shape index (κ1) is 21.7. The van der Waals surface area contributed by atoms with Crippen molar-refractivity contribution in [1.29, 1.82) is 0 Å². The number of hydrazone groups is 1. The average molecular weight is 439 g/mol. The summed E-state index contributed by atoms with van der Waals surface area (Å²) in [7, 11) is -3.79. The van der Waals surface area contributed by atoms with Crippen LogP contribution < -0.4 is 9.57 Å². The summed E-state index contributed by atoms with van der Waals surface area (Å²) < 4.78 is 29.6. The molecule has 0 unspecified atom stereocenters. The van der Waals surface area contributed by atoms with Crippen LogP contribution in [0, 0.1) is 17.0 Å². The van der Waals surface area contributed by atoms with Gasteiger partial charge in [-0.2, -0.15) is 13.5 Å².